The van der Waals surface area contributed by atoms with Crippen LogP contribution in [0.1, 0.15) is 43.0 Å². The third-order valence-corrected chi connectivity index (χ3v) is 4.02. The molecule has 0 spiro atoms. The quantitative estimate of drug-likeness (QED) is 0.438. The molecule has 1 aromatic carbocycles. The third kappa shape index (κ3) is 5.09. The number of carbonyl (C=O) groups excluding carboxylic acids is 1. The predicted octanol–water partition coefficient (Wildman–Crippen LogP) is 3.49. The summed E-state index contributed by atoms with van der Waals surface area (Å²) in [5.41, 5.74) is -0.429. The molecule has 112 valence electrons. The maximum absolute atomic E-state index is 13.5. The molecule has 0 saturated carbocycles. The number of benzene rings is 1. The van der Waals surface area contributed by atoms with Crippen molar-refractivity contribution in [3.05, 3.63) is 29.6 Å². The van der Waals surface area contributed by atoms with Gasteiger partial charge in [-0.15, -0.1) is 0 Å². The molecule has 1 rings (SSSR count). The fourth-order valence-corrected chi connectivity index (χ4v) is 2.36. The molecule has 0 aromatic heterocycles. The summed E-state index contributed by atoms with van der Waals surface area (Å²) in [5.74, 6) is -1.73. The zero-order valence-corrected chi connectivity index (χ0v) is 12.6. The average Bonchev–Trinajstić information content (AvgIpc) is 2.37. The van der Waals surface area contributed by atoms with Gasteiger partial charge in [0.15, 0.2) is 0 Å². The highest BCUT2D eigenvalue weighted by atomic mass is 35.7. The van der Waals surface area contributed by atoms with Crippen molar-refractivity contribution in [3.63, 3.8) is 0 Å². The zero-order chi connectivity index (χ0) is 15.2. The Labute approximate surface area is 122 Å². The third-order valence-electron chi connectivity index (χ3n) is 2.67. The first kappa shape index (κ1) is 16.9. The Morgan fingerprint density at radius 1 is 1.30 bits per heavy atom. The SMILES string of the molecule is CCCCCCOC(=O)c1cc(S(=O)(=O)Cl)ccc1F. The number of hydrogen-bond donors (Lipinski definition) is 0. The molecule has 0 radical (unpaired) electrons. The van der Waals surface area contributed by atoms with Gasteiger partial charge in [-0.25, -0.2) is 17.6 Å². The van der Waals surface area contributed by atoms with Crippen LogP contribution in [0.2, 0.25) is 0 Å². The van der Waals surface area contributed by atoms with E-state index in [4.69, 9.17) is 15.4 Å². The van der Waals surface area contributed by atoms with E-state index in [0.717, 1.165) is 37.5 Å². The Balaban J connectivity index is 2.72. The first-order valence-corrected chi connectivity index (χ1v) is 8.58. The van der Waals surface area contributed by atoms with E-state index in [1.54, 1.807) is 0 Å². The minimum atomic E-state index is -4.01. The van der Waals surface area contributed by atoms with Crippen molar-refractivity contribution in [2.45, 2.75) is 37.5 Å². The summed E-state index contributed by atoms with van der Waals surface area (Å²) < 4.78 is 40.7. The molecule has 7 heteroatoms. The van der Waals surface area contributed by atoms with Gasteiger partial charge < -0.3 is 4.74 Å². The second-order valence-corrected chi connectivity index (χ2v) is 6.84. The first-order valence-electron chi connectivity index (χ1n) is 6.27. The van der Waals surface area contributed by atoms with Crippen LogP contribution in [-0.2, 0) is 13.8 Å². The Morgan fingerprint density at radius 3 is 2.60 bits per heavy atom. The van der Waals surface area contributed by atoms with E-state index in [1.165, 1.54) is 0 Å². The second kappa shape index (κ2) is 7.59. The molecule has 0 aliphatic heterocycles. The largest absolute Gasteiger partial charge is 0.462 e. The molecule has 0 atom stereocenters. The summed E-state index contributed by atoms with van der Waals surface area (Å²) in [7, 11) is 1.14. The van der Waals surface area contributed by atoms with Crippen LogP contribution in [0.25, 0.3) is 0 Å². The van der Waals surface area contributed by atoms with Crippen molar-refractivity contribution in [3.8, 4) is 0 Å². The Morgan fingerprint density at radius 2 is 2.00 bits per heavy atom. The van der Waals surface area contributed by atoms with Crippen molar-refractivity contribution < 1.29 is 22.3 Å². The van der Waals surface area contributed by atoms with E-state index in [0.29, 0.717) is 6.42 Å². The lowest BCUT2D eigenvalue weighted by Crippen LogP contribution is -2.09. The average molecular weight is 323 g/mol. The van der Waals surface area contributed by atoms with Gasteiger partial charge in [0.1, 0.15) is 5.82 Å². The summed E-state index contributed by atoms with van der Waals surface area (Å²) in [6, 6.07) is 2.75. The molecule has 20 heavy (non-hydrogen) atoms. The van der Waals surface area contributed by atoms with E-state index >= 15 is 0 Å². The summed E-state index contributed by atoms with van der Waals surface area (Å²) >= 11 is 0. The smallest absolute Gasteiger partial charge is 0.341 e. The van der Waals surface area contributed by atoms with Gasteiger partial charge in [0.05, 0.1) is 17.1 Å². The van der Waals surface area contributed by atoms with Gasteiger partial charge in [-0.2, -0.15) is 0 Å². The number of ether oxygens (including phenoxy) is 1. The zero-order valence-electron chi connectivity index (χ0n) is 11.1. The molecule has 0 unspecified atom stereocenters. The number of unbranched alkanes of at least 4 members (excludes halogenated alkanes) is 3. The molecule has 0 saturated heterocycles. The molecule has 0 heterocycles. The van der Waals surface area contributed by atoms with Crippen LogP contribution < -0.4 is 0 Å². The van der Waals surface area contributed by atoms with Gasteiger partial charge in [0, 0.05) is 10.7 Å². The van der Waals surface area contributed by atoms with Crippen LogP contribution in [0.15, 0.2) is 23.1 Å². The van der Waals surface area contributed by atoms with E-state index in [-0.39, 0.29) is 11.5 Å². The van der Waals surface area contributed by atoms with Gasteiger partial charge in [-0.1, -0.05) is 26.2 Å². The van der Waals surface area contributed by atoms with Crippen molar-refractivity contribution in [2.24, 2.45) is 0 Å². The van der Waals surface area contributed by atoms with Crippen LogP contribution in [0.4, 0.5) is 4.39 Å². The minimum absolute atomic E-state index is 0.177. The highest BCUT2D eigenvalue weighted by molar-refractivity contribution is 8.13. The molecule has 4 nitrogen and oxygen atoms in total. The van der Waals surface area contributed by atoms with Gasteiger partial charge in [0.25, 0.3) is 9.05 Å². The fraction of sp³-hybridized carbons (Fsp3) is 0.462. The maximum Gasteiger partial charge on any atom is 0.341 e. The van der Waals surface area contributed by atoms with Gasteiger partial charge in [-0.05, 0) is 24.6 Å². The van der Waals surface area contributed by atoms with Gasteiger partial charge >= 0.3 is 5.97 Å². The Kier molecular flexibility index (Phi) is 6.42. The van der Waals surface area contributed by atoms with Crippen molar-refractivity contribution in [1.82, 2.24) is 0 Å². The molecule has 0 aliphatic carbocycles. The summed E-state index contributed by atoms with van der Waals surface area (Å²) in [6.45, 7) is 2.23. The monoisotopic (exact) mass is 322 g/mol. The minimum Gasteiger partial charge on any atom is -0.462 e. The summed E-state index contributed by atoms with van der Waals surface area (Å²) in [6.07, 6.45) is 3.70. The fourth-order valence-electron chi connectivity index (χ4n) is 1.58. The van der Waals surface area contributed by atoms with E-state index in [9.17, 15) is 17.6 Å². The number of hydrogen-bond acceptors (Lipinski definition) is 4. The van der Waals surface area contributed by atoms with E-state index < -0.39 is 26.4 Å². The standard InChI is InChI=1S/C13H16ClFO4S/c1-2-3-4-5-8-19-13(16)11-9-10(20(14,17)18)6-7-12(11)15/h6-7,9H,2-5,8H2,1H3. The van der Waals surface area contributed by atoms with Crippen LogP contribution in [-0.4, -0.2) is 21.0 Å². The summed E-state index contributed by atoms with van der Waals surface area (Å²) in [4.78, 5) is 11.3. The Bertz CT molecular complexity index is 572. The maximum atomic E-state index is 13.5. The lowest BCUT2D eigenvalue weighted by molar-refractivity contribution is 0.0492. The lowest BCUT2D eigenvalue weighted by atomic mass is 10.2. The van der Waals surface area contributed by atoms with Crippen molar-refractivity contribution in [1.29, 1.82) is 0 Å². The van der Waals surface area contributed by atoms with Crippen LogP contribution in [0.5, 0.6) is 0 Å². The van der Waals surface area contributed by atoms with Crippen LogP contribution >= 0.6 is 10.7 Å². The normalized spacial score (nSPS) is 11.3. The molecule has 0 N–H and O–H groups in total. The first-order chi connectivity index (χ1) is 9.36. The van der Waals surface area contributed by atoms with E-state index in [1.807, 2.05) is 0 Å². The van der Waals surface area contributed by atoms with Gasteiger partial charge in [0.2, 0.25) is 0 Å². The van der Waals surface area contributed by atoms with Gasteiger partial charge in [-0.3, -0.25) is 0 Å². The number of rotatable bonds is 7. The second-order valence-electron chi connectivity index (χ2n) is 4.28. The lowest BCUT2D eigenvalue weighted by Gasteiger charge is -2.06. The van der Waals surface area contributed by atoms with E-state index in [2.05, 4.69) is 6.92 Å². The molecule has 0 aliphatic rings. The van der Waals surface area contributed by atoms with Crippen molar-refractivity contribution >= 4 is 25.7 Å². The van der Waals surface area contributed by atoms with Crippen LogP contribution in [0, 0.1) is 5.82 Å². The molecule has 0 fully saturated rings. The number of halogens is 2. The van der Waals surface area contributed by atoms with Crippen LogP contribution in [0.3, 0.4) is 0 Å². The number of esters is 1. The molecular formula is C13H16ClFO4S. The predicted molar refractivity (Wildman–Crippen MR) is 73.9 cm³/mol. The highest BCUT2D eigenvalue weighted by Gasteiger charge is 2.18. The Hall–Kier alpha value is -1.14. The molecule has 0 amide bonds. The molecule has 1 aromatic rings. The highest BCUT2D eigenvalue weighted by Crippen LogP contribution is 2.19. The molecule has 0 bridgehead atoms. The topological polar surface area (TPSA) is 60.4 Å². The molecular weight excluding hydrogens is 307 g/mol. The van der Waals surface area contributed by atoms with Crippen molar-refractivity contribution in [2.75, 3.05) is 6.61 Å². The number of carbonyl (C=O) groups is 1. The summed E-state index contributed by atoms with van der Waals surface area (Å²) in [5, 5.41) is 0.